The summed E-state index contributed by atoms with van der Waals surface area (Å²) in [4.78, 5) is 12.2. The van der Waals surface area contributed by atoms with Crippen LogP contribution >= 0.6 is 0 Å². The molecule has 0 radical (unpaired) electrons. The fourth-order valence-corrected chi connectivity index (χ4v) is 5.85. The highest BCUT2D eigenvalue weighted by atomic mass is 32.2. The average molecular weight is 452 g/mol. The molecule has 5 nitrogen and oxygen atoms in total. The number of carboxylic acid groups (broad SMARTS) is 1. The molecule has 4 rings (SSSR count). The van der Waals surface area contributed by atoms with E-state index in [2.05, 4.69) is 0 Å². The van der Waals surface area contributed by atoms with E-state index in [4.69, 9.17) is 0 Å². The summed E-state index contributed by atoms with van der Waals surface area (Å²) >= 11 is 0. The van der Waals surface area contributed by atoms with Crippen LogP contribution in [0, 0.1) is 12.7 Å². The minimum atomic E-state index is -4.15. The van der Waals surface area contributed by atoms with Crippen LogP contribution in [0.4, 0.5) is 4.39 Å². The van der Waals surface area contributed by atoms with Crippen LogP contribution in [0.25, 0.3) is 0 Å². The summed E-state index contributed by atoms with van der Waals surface area (Å²) in [5.74, 6) is -1.81. The van der Waals surface area contributed by atoms with Crippen molar-refractivity contribution in [2.75, 3.05) is 0 Å². The fraction of sp³-hybridized carbons (Fsp3) is 0.160. The quantitative estimate of drug-likeness (QED) is 0.591. The maximum absolute atomic E-state index is 14.1. The number of rotatable bonds is 5. The second-order valence-electron chi connectivity index (χ2n) is 7.73. The van der Waals surface area contributed by atoms with Crippen molar-refractivity contribution in [2.24, 2.45) is 0 Å². The number of nitrogens with zero attached hydrogens (tertiary/aromatic N) is 1. The predicted octanol–water partition coefficient (Wildman–Crippen LogP) is 5.02. The molecule has 0 saturated heterocycles. The molecule has 0 aliphatic carbocycles. The number of carboxylic acids is 1. The van der Waals surface area contributed by atoms with Crippen LogP contribution in [0.3, 0.4) is 0 Å². The van der Waals surface area contributed by atoms with Gasteiger partial charge in [-0.05, 0) is 48.7 Å². The molecule has 0 bridgehead atoms. The molecule has 0 aromatic heterocycles. The molecule has 7 heteroatoms. The van der Waals surface area contributed by atoms with E-state index in [1.165, 1.54) is 40.7 Å². The van der Waals surface area contributed by atoms with Crippen molar-refractivity contribution in [1.82, 2.24) is 4.31 Å². The number of aliphatic carboxylic acids is 1. The monoisotopic (exact) mass is 451 g/mol. The van der Waals surface area contributed by atoms with Gasteiger partial charge in [-0.1, -0.05) is 66.2 Å². The van der Waals surface area contributed by atoms with Gasteiger partial charge in [0.15, 0.2) is 0 Å². The lowest BCUT2D eigenvalue weighted by atomic mass is 9.89. The zero-order valence-corrected chi connectivity index (χ0v) is 18.2. The normalized spacial score (nSPS) is 19.4. The van der Waals surface area contributed by atoms with Crippen LogP contribution in [0.5, 0.6) is 0 Å². The van der Waals surface area contributed by atoms with Crippen LogP contribution in [-0.4, -0.2) is 23.8 Å². The maximum atomic E-state index is 14.1. The first-order valence-electron chi connectivity index (χ1n) is 10.1. The van der Waals surface area contributed by atoms with Gasteiger partial charge in [0.1, 0.15) is 5.82 Å². The van der Waals surface area contributed by atoms with E-state index >= 15 is 0 Å². The highest BCUT2D eigenvalue weighted by Gasteiger charge is 2.44. The molecule has 0 amide bonds. The highest BCUT2D eigenvalue weighted by Crippen LogP contribution is 2.45. The first kappa shape index (κ1) is 21.9. The molecular formula is C25H22FNO4S. The molecule has 3 aromatic rings. The molecule has 3 aromatic carbocycles. The molecule has 1 aliphatic rings. The Labute approximate surface area is 186 Å². The topological polar surface area (TPSA) is 74.7 Å². The van der Waals surface area contributed by atoms with E-state index in [1.54, 1.807) is 30.3 Å². The molecule has 2 atom stereocenters. The van der Waals surface area contributed by atoms with Gasteiger partial charge in [0, 0.05) is 0 Å². The Hall–Kier alpha value is -3.29. The lowest BCUT2D eigenvalue weighted by Gasteiger charge is -2.40. The number of carbonyl (C=O) groups is 1. The Kier molecular flexibility index (Phi) is 5.95. The summed E-state index contributed by atoms with van der Waals surface area (Å²) in [7, 11) is -4.15. The van der Waals surface area contributed by atoms with Gasteiger partial charge in [-0.3, -0.25) is 0 Å². The third kappa shape index (κ3) is 4.09. The van der Waals surface area contributed by atoms with Crippen molar-refractivity contribution < 1.29 is 22.7 Å². The van der Waals surface area contributed by atoms with Crippen molar-refractivity contribution in [2.45, 2.75) is 30.3 Å². The molecule has 32 heavy (non-hydrogen) atoms. The van der Waals surface area contributed by atoms with Crippen LogP contribution in [0.2, 0.25) is 0 Å². The van der Waals surface area contributed by atoms with Crippen molar-refractivity contribution in [3.8, 4) is 0 Å². The second kappa shape index (κ2) is 8.68. The Morgan fingerprint density at radius 1 is 0.969 bits per heavy atom. The fourth-order valence-electron chi connectivity index (χ4n) is 4.08. The largest absolute Gasteiger partial charge is 0.478 e. The molecular weight excluding hydrogens is 429 g/mol. The summed E-state index contributed by atoms with van der Waals surface area (Å²) < 4.78 is 43.2. The van der Waals surface area contributed by atoms with Crippen LogP contribution < -0.4 is 0 Å². The molecule has 1 aliphatic heterocycles. The average Bonchev–Trinajstić information content (AvgIpc) is 2.79. The zero-order chi connectivity index (χ0) is 22.9. The molecule has 1 heterocycles. The number of hydrogen-bond acceptors (Lipinski definition) is 3. The summed E-state index contributed by atoms with van der Waals surface area (Å²) in [5.41, 5.74) is 1.79. The van der Waals surface area contributed by atoms with E-state index in [0.29, 0.717) is 0 Å². The molecule has 164 valence electrons. The lowest BCUT2D eigenvalue weighted by Crippen LogP contribution is -2.42. The maximum Gasteiger partial charge on any atom is 0.333 e. The smallest absolute Gasteiger partial charge is 0.333 e. The standard InChI is InChI=1S/C25H22FNO4S/c1-17-10-12-21(13-11-17)32(30,31)27-23(18-6-3-2-4-7-18)15-14-22(25(28)29)24(27)19-8-5-9-20(26)16-19/h2-14,16,23-24H,15H2,1H3,(H,28,29)/t23-,24-/m0/s1. The Balaban J connectivity index is 1.97. The second-order valence-corrected chi connectivity index (χ2v) is 9.58. The Bertz CT molecular complexity index is 1270. The third-order valence-corrected chi connectivity index (χ3v) is 7.50. The first-order chi connectivity index (χ1) is 15.3. The van der Waals surface area contributed by atoms with Crippen LogP contribution in [-0.2, 0) is 14.8 Å². The van der Waals surface area contributed by atoms with E-state index in [1.807, 2.05) is 25.1 Å². The number of hydrogen-bond donors (Lipinski definition) is 1. The van der Waals surface area contributed by atoms with Crippen molar-refractivity contribution in [3.05, 3.63) is 113 Å². The molecule has 0 fully saturated rings. The first-order valence-corrected chi connectivity index (χ1v) is 11.6. The third-order valence-electron chi connectivity index (χ3n) is 5.61. The van der Waals surface area contributed by atoms with Crippen LogP contribution in [0.1, 0.15) is 35.2 Å². The van der Waals surface area contributed by atoms with Crippen LogP contribution in [0.15, 0.2) is 95.4 Å². The number of halogens is 1. The SMILES string of the molecule is Cc1ccc(S(=O)(=O)N2[C@@H](c3cccc(F)c3)C(C(=O)O)=CC[C@H]2c2ccccc2)cc1. The summed E-state index contributed by atoms with van der Waals surface area (Å²) in [6.07, 6.45) is 1.72. The lowest BCUT2D eigenvalue weighted by molar-refractivity contribution is -0.133. The Morgan fingerprint density at radius 2 is 1.62 bits per heavy atom. The molecule has 0 spiro atoms. The number of aryl methyl sites for hydroxylation is 1. The van der Waals surface area contributed by atoms with Gasteiger partial charge in [-0.2, -0.15) is 4.31 Å². The highest BCUT2D eigenvalue weighted by molar-refractivity contribution is 7.89. The van der Waals surface area contributed by atoms with Gasteiger partial charge in [0.2, 0.25) is 10.0 Å². The van der Waals surface area contributed by atoms with E-state index < -0.39 is 33.9 Å². The van der Waals surface area contributed by atoms with E-state index in [0.717, 1.165) is 11.1 Å². The summed E-state index contributed by atoms with van der Waals surface area (Å²) in [5, 5.41) is 9.90. The van der Waals surface area contributed by atoms with Gasteiger partial charge in [-0.15, -0.1) is 0 Å². The van der Waals surface area contributed by atoms with Gasteiger partial charge < -0.3 is 5.11 Å². The van der Waals surface area contributed by atoms with E-state index in [-0.39, 0.29) is 22.5 Å². The molecule has 0 unspecified atom stereocenters. The summed E-state index contributed by atoms with van der Waals surface area (Å²) in [6.45, 7) is 1.85. The molecule has 0 saturated carbocycles. The minimum absolute atomic E-state index is 0.0528. The predicted molar refractivity (Wildman–Crippen MR) is 119 cm³/mol. The van der Waals surface area contributed by atoms with Crippen molar-refractivity contribution in [1.29, 1.82) is 0 Å². The van der Waals surface area contributed by atoms with Gasteiger partial charge in [-0.25, -0.2) is 17.6 Å². The Morgan fingerprint density at radius 3 is 2.25 bits per heavy atom. The molecule has 1 N–H and O–H groups in total. The summed E-state index contributed by atoms with van der Waals surface area (Å²) in [6, 6.07) is 19.1. The van der Waals surface area contributed by atoms with Crippen molar-refractivity contribution in [3.63, 3.8) is 0 Å². The van der Waals surface area contributed by atoms with E-state index in [9.17, 15) is 22.7 Å². The number of sulfonamides is 1. The van der Waals surface area contributed by atoms with Gasteiger partial charge in [0.25, 0.3) is 0 Å². The number of benzene rings is 3. The zero-order valence-electron chi connectivity index (χ0n) is 17.4. The van der Waals surface area contributed by atoms with Crippen molar-refractivity contribution >= 4 is 16.0 Å². The van der Waals surface area contributed by atoms with Gasteiger partial charge >= 0.3 is 5.97 Å². The van der Waals surface area contributed by atoms with Gasteiger partial charge in [0.05, 0.1) is 22.6 Å². The minimum Gasteiger partial charge on any atom is -0.478 e.